The topological polar surface area (TPSA) is 130 Å². The molecule has 0 bridgehead atoms. The van der Waals surface area contributed by atoms with Crippen LogP contribution < -0.4 is 5.73 Å². The Bertz CT molecular complexity index is 471. The Morgan fingerprint density at radius 3 is 2.37 bits per heavy atom. The van der Waals surface area contributed by atoms with E-state index >= 15 is 0 Å². The van der Waals surface area contributed by atoms with Gasteiger partial charge in [0.2, 0.25) is 0 Å². The fraction of sp³-hybridized carbons (Fsp3) is 0.364. The van der Waals surface area contributed by atoms with Crippen LogP contribution in [0.5, 0.6) is 0 Å². The monoisotopic (exact) mass is 269 g/mol. The molecular formula is C11H15N3O5. The number of rotatable bonds is 6. The van der Waals surface area contributed by atoms with E-state index in [1.165, 1.54) is 23.1 Å². The number of amides is 1. The van der Waals surface area contributed by atoms with E-state index in [2.05, 4.69) is 0 Å². The van der Waals surface area contributed by atoms with Crippen LogP contribution in [0.15, 0.2) is 18.2 Å². The number of nitro benzene ring substituents is 1. The Balaban J connectivity index is 3.10. The van der Waals surface area contributed by atoms with Crippen molar-refractivity contribution in [2.24, 2.45) is 0 Å². The van der Waals surface area contributed by atoms with Crippen molar-refractivity contribution in [2.45, 2.75) is 0 Å². The van der Waals surface area contributed by atoms with Crippen LogP contribution in [0.1, 0.15) is 10.4 Å². The number of carbonyl (C=O) groups is 1. The Labute approximate surface area is 109 Å². The van der Waals surface area contributed by atoms with Gasteiger partial charge in [0.25, 0.3) is 11.6 Å². The number of nitro groups is 1. The van der Waals surface area contributed by atoms with Crippen LogP contribution in [-0.2, 0) is 0 Å². The molecule has 4 N–H and O–H groups in total. The van der Waals surface area contributed by atoms with Gasteiger partial charge >= 0.3 is 0 Å². The first-order valence-corrected chi connectivity index (χ1v) is 5.56. The van der Waals surface area contributed by atoms with E-state index in [1.54, 1.807) is 0 Å². The lowest BCUT2D eigenvalue weighted by molar-refractivity contribution is -0.383. The van der Waals surface area contributed by atoms with E-state index in [9.17, 15) is 14.9 Å². The van der Waals surface area contributed by atoms with E-state index in [0.717, 1.165) is 0 Å². The molecule has 0 atom stereocenters. The third kappa shape index (κ3) is 3.39. The summed E-state index contributed by atoms with van der Waals surface area (Å²) in [5.74, 6) is -0.565. The van der Waals surface area contributed by atoms with Gasteiger partial charge in [-0.2, -0.15) is 0 Å². The lowest BCUT2D eigenvalue weighted by Crippen LogP contribution is -2.36. The van der Waals surface area contributed by atoms with Crippen LogP contribution in [0.2, 0.25) is 0 Å². The Kier molecular flexibility index (Phi) is 5.22. The van der Waals surface area contributed by atoms with Gasteiger partial charge in [-0.15, -0.1) is 0 Å². The fourth-order valence-corrected chi connectivity index (χ4v) is 1.63. The van der Waals surface area contributed by atoms with E-state index in [1.807, 2.05) is 0 Å². The normalized spacial score (nSPS) is 10.2. The highest BCUT2D eigenvalue weighted by Gasteiger charge is 2.22. The summed E-state index contributed by atoms with van der Waals surface area (Å²) in [7, 11) is 0. The Morgan fingerprint density at radius 1 is 1.32 bits per heavy atom. The SMILES string of the molecule is Nc1c(C(=O)N(CCO)CCO)cccc1[N+](=O)[O-]. The molecule has 8 nitrogen and oxygen atoms in total. The summed E-state index contributed by atoms with van der Waals surface area (Å²) in [5, 5.41) is 28.5. The average molecular weight is 269 g/mol. The minimum Gasteiger partial charge on any atom is -0.395 e. The third-order valence-corrected chi connectivity index (χ3v) is 2.54. The molecule has 0 aromatic heterocycles. The smallest absolute Gasteiger partial charge is 0.292 e. The van der Waals surface area contributed by atoms with Crippen LogP contribution in [-0.4, -0.2) is 52.2 Å². The van der Waals surface area contributed by atoms with Crippen molar-refractivity contribution in [1.82, 2.24) is 4.90 Å². The summed E-state index contributed by atoms with van der Waals surface area (Å²) in [6.45, 7) is -0.524. The standard InChI is InChI=1S/C11H15N3O5/c12-10-8(2-1-3-9(10)14(18)19)11(17)13(4-6-15)5-7-16/h1-3,15-16H,4-7,12H2. The summed E-state index contributed by atoms with van der Waals surface area (Å²) in [6, 6.07) is 3.93. The molecule has 0 radical (unpaired) electrons. The highest BCUT2D eigenvalue weighted by atomic mass is 16.6. The quantitative estimate of drug-likeness (QED) is 0.366. The number of nitrogens with zero attached hydrogens (tertiary/aromatic N) is 2. The predicted molar refractivity (Wildman–Crippen MR) is 67.6 cm³/mol. The number of aliphatic hydroxyl groups excluding tert-OH is 2. The van der Waals surface area contributed by atoms with Crippen molar-refractivity contribution in [2.75, 3.05) is 32.0 Å². The first-order chi connectivity index (χ1) is 9.02. The van der Waals surface area contributed by atoms with E-state index in [4.69, 9.17) is 15.9 Å². The van der Waals surface area contributed by atoms with E-state index in [-0.39, 0.29) is 43.2 Å². The average Bonchev–Trinajstić information content (AvgIpc) is 2.37. The first kappa shape index (κ1) is 14.9. The van der Waals surface area contributed by atoms with Gasteiger partial charge < -0.3 is 20.8 Å². The Morgan fingerprint density at radius 2 is 1.89 bits per heavy atom. The van der Waals surface area contributed by atoms with Crippen molar-refractivity contribution in [3.05, 3.63) is 33.9 Å². The van der Waals surface area contributed by atoms with Crippen LogP contribution in [0.25, 0.3) is 0 Å². The van der Waals surface area contributed by atoms with Gasteiger partial charge in [0.15, 0.2) is 0 Å². The molecule has 1 amide bonds. The second kappa shape index (κ2) is 6.66. The predicted octanol–water partition coefficient (Wildman–Crippen LogP) is -0.396. The van der Waals surface area contributed by atoms with Crippen molar-refractivity contribution >= 4 is 17.3 Å². The first-order valence-electron chi connectivity index (χ1n) is 5.56. The molecule has 0 aliphatic carbocycles. The summed E-state index contributed by atoms with van der Waals surface area (Å²) in [6.07, 6.45) is 0. The highest BCUT2D eigenvalue weighted by Crippen LogP contribution is 2.25. The molecule has 0 aliphatic heterocycles. The van der Waals surface area contributed by atoms with Crippen molar-refractivity contribution in [3.8, 4) is 0 Å². The number of benzene rings is 1. The van der Waals surface area contributed by atoms with E-state index in [0.29, 0.717) is 0 Å². The fourth-order valence-electron chi connectivity index (χ4n) is 1.63. The summed E-state index contributed by atoms with van der Waals surface area (Å²) in [4.78, 5) is 23.4. The molecule has 104 valence electrons. The molecule has 0 aliphatic rings. The van der Waals surface area contributed by atoms with Gasteiger partial charge in [-0.05, 0) is 6.07 Å². The lowest BCUT2D eigenvalue weighted by atomic mass is 10.1. The maximum absolute atomic E-state index is 12.1. The highest BCUT2D eigenvalue weighted by molar-refractivity contribution is 6.01. The number of para-hydroxylation sites is 1. The van der Waals surface area contributed by atoms with Crippen LogP contribution >= 0.6 is 0 Å². The molecule has 8 heteroatoms. The molecule has 1 rings (SSSR count). The summed E-state index contributed by atoms with van der Waals surface area (Å²) in [5.41, 5.74) is 5.01. The number of aliphatic hydroxyl groups is 2. The van der Waals surface area contributed by atoms with Gasteiger partial charge in [0.05, 0.1) is 23.7 Å². The molecule has 0 saturated heterocycles. The van der Waals surface area contributed by atoms with Gasteiger partial charge in [-0.3, -0.25) is 14.9 Å². The van der Waals surface area contributed by atoms with Gasteiger partial charge in [-0.1, -0.05) is 6.07 Å². The molecule has 0 fully saturated rings. The number of carbonyl (C=O) groups excluding carboxylic acids is 1. The van der Waals surface area contributed by atoms with E-state index < -0.39 is 10.8 Å². The number of nitrogen functional groups attached to an aromatic ring is 1. The summed E-state index contributed by atoms with van der Waals surface area (Å²) < 4.78 is 0. The van der Waals surface area contributed by atoms with Crippen LogP contribution in [0, 0.1) is 10.1 Å². The molecule has 1 aromatic carbocycles. The van der Waals surface area contributed by atoms with Crippen molar-refractivity contribution < 1.29 is 19.9 Å². The minimum absolute atomic E-state index is 0.0154. The number of hydrogen-bond acceptors (Lipinski definition) is 6. The van der Waals surface area contributed by atoms with Gasteiger partial charge in [0.1, 0.15) is 5.69 Å². The molecular weight excluding hydrogens is 254 g/mol. The second-order valence-corrected chi connectivity index (χ2v) is 3.73. The lowest BCUT2D eigenvalue weighted by Gasteiger charge is -2.21. The number of anilines is 1. The Hall–Kier alpha value is -2.19. The van der Waals surface area contributed by atoms with Gasteiger partial charge in [-0.25, -0.2) is 0 Å². The molecule has 0 saturated carbocycles. The number of nitrogens with two attached hydrogens (primary N) is 1. The molecule has 1 aromatic rings. The zero-order chi connectivity index (χ0) is 14.4. The molecule has 19 heavy (non-hydrogen) atoms. The minimum atomic E-state index is -0.672. The third-order valence-electron chi connectivity index (χ3n) is 2.54. The van der Waals surface area contributed by atoms with Crippen molar-refractivity contribution in [1.29, 1.82) is 0 Å². The molecule has 0 unspecified atom stereocenters. The maximum atomic E-state index is 12.1. The summed E-state index contributed by atoms with van der Waals surface area (Å²) >= 11 is 0. The molecule has 0 spiro atoms. The number of hydrogen-bond donors (Lipinski definition) is 3. The van der Waals surface area contributed by atoms with Crippen LogP contribution in [0.4, 0.5) is 11.4 Å². The largest absolute Gasteiger partial charge is 0.395 e. The van der Waals surface area contributed by atoms with Crippen LogP contribution in [0.3, 0.4) is 0 Å². The zero-order valence-corrected chi connectivity index (χ0v) is 10.2. The second-order valence-electron chi connectivity index (χ2n) is 3.73. The molecule has 0 heterocycles. The maximum Gasteiger partial charge on any atom is 0.292 e. The van der Waals surface area contributed by atoms with Gasteiger partial charge in [0, 0.05) is 19.2 Å². The zero-order valence-electron chi connectivity index (χ0n) is 10.2. The van der Waals surface area contributed by atoms with Crippen molar-refractivity contribution in [3.63, 3.8) is 0 Å².